The fraction of sp³-hybridized carbons (Fsp3) is 0.267. The molecule has 0 spiro atoms. The van der Waals surface area contributed by atoms with Crippen LogP contribution in [-0.4, -0.2) is 18.8 Å². The summed E-state index contributed by atoms with van der Waals surface area (Å²) in [6, 6.07) is 10.5. The first-order chi connectivity index (χ1) is 10.4. The van der Waals surface area contributed by atoms with E-state index < -0.39 is 10.0 Å². The number of nitrogen functional groups attached to an aromatic ring is 1. The fourth-order valence-corrected chi connectivity index (χ4v) is 3.79. The smallest absolute Gasteiger partial charge is 0.232 e. The fourth-order valence-electron chi connectivity index (χ4n) is 2.27. The first-order valence-electron chi connectivity index (χ1n) is 7.06. The predicted octanol–water partition coefficient (Wildman–Crippen LogP) is 1.50. The summed E-state index contributed by atoms with van der Waals surface area (Å²) in [6.45, 7) is 0. The highest BCUT2D eigenvalue weighted by Crippen LogP contribution is 2.31. The van der Waals surface area contributed by atoms with Crippen LogP contribution >= 0.6 is 0 Å². The van der Waals surface area contributed by atoms with Crippen molar-refractivity contribution in [1.82, 2.24) is 4.68 Å². The number of hydrogen-bond acceptors (Lipinski definition) is 4. The second-order valence-electron chi connectivity index (χ2n) is 5.62. The Morgan fingerprint density at radius 3 is 2.68 bits per heavy atom. The minimum atomic E-state index is -3.30. The molecule has 1 heterocycles. The van der Waals surface area contributed by atoms with Gasteiger partial charge in [0.25, 0.3) is 0 Å². The van der Waals surface area contributed by atoms with Crippen LogP contribution < -0.4 is 16.1 Å². The number of rotatable bonds is 5. The normalized spacial score (nSPS) is 14.7. The van der Waals surface area contributed by atoms with Crippen LogP contribution in [0.4, 0.5) is 5.69 Å². The summed E-state index contributed by atoms with van der Waals surface area (Å²) in [6.07, 6.45) is 3.63. The van der Waals surface area contributed by atoms with Crippen molar-refractivity contribution in [3.8, 4) is 11.1 Å². The average Bonchev–Trinajstić information content (AvgIpc) is 3.24. The maximum atomic E-state index is 12.0. The van der Waals surface area contributed by atoms with Crippen LogP contribution in [0.3, 0.4) is 0 Å². The lowest BCUT2D eigenvalue weighted by Gasteiger charge is -2.10. The Labute approximate surface area is 129 Å². The van der Waals surface area contributed by atoms with Gasteiger partial charge in [-0.3, -0.25) is 14.8 Å². The van der Waals surface area contributed by atoms with Crippen LogP contribution in [0, 0.1) is 11.3 Å². The molecular weight excluding hydrogens is 300 g/mol. The Morgan fingerprint density at radius 2 is 2.00 bits per heavy atom. The van der Waals surface area contributed by atoms with Crippen molar-refractivity contribution < 1.29 is 8.42 Å². The molecule has 6 nitrogen and oxygen atoms in total. The van der Waals surface area contributed by atoms with Gasteiger partial charge in [0.2, 0.25) is 10.0 Å². The molecule has 3 rings (SSSR count). The molecule has 4 N–H and O–H groups in total. The Hall–Kier alpha value is -2.28. The van der Waals surface area contributed by atoms with Crippen molar-refractivity contribution in [2.24, 2.45) is 5.92 Å². The van der Waals surface area contributed by atoms with Gasteiger partial charge in [0.05, 0.1) is 5.75 Å². The summed E-state index contributed by atoms with van der Waals surface area (Å²) < 4.78 is 27.9. The summed E-state index contributed by atoms with van der Waals surface area (Å²) in [4.78, 5) is 0. The van der Waals surface area contributed by atoms with E-state index >= 15 is 0 Å². The van der Waals surface area contributed by atoms with Crippen molar-refractivity contribution in [3.05, 3.63) is 48.1 Å². The van der Waals surface area contributed by atoms with Crippen molar-refractivity contribution >= 4 is 15.7 Å². The number of pyridine rings is 1. The third-order valence-corrected chi connectivity index (χ3v) is 5.06. The first kappa shape index (κ1) is 14.6. The van der Waals surface area contributed by atoms with Gasteiger partial charge < -0.3 is 5.84 Å². The Morgan fingerprint density at radius 1 is 1.23 bits per heavy atom. The molecule has 0 atom stereocenters. The third-order valence-electron chi connectivity index (χ3n) is 3.60. The summed E-state index contributed by atoms with van der Waals surface area (Å²) in [5.41, 5.74) is 2.40. The molecule has 1 aromatic carbocycles. The van der Waals surface area contributed by atoms with E-state index in [1.807, 2.05) is 6.07 Å². The van der Waals surface area contributed by atoms with E-state index in [1.165, 1.54) is 4.68 Å². The second-order valence-corrected chi connectivity index (χ2v) is 7.38. The summed E-state index contributed by atoms with van der Waals surface area (Å²) in [7, 11) is -3.30. The zero-order valence-electron chi connectivity index (χ0n) is 12.0. The van der Waals surface area contributed by atoms with Gasteiger partial charge in [0.15, 0.2) is 0 Å². The standard InChI is InChI=1S/C15H18N4O2S/c16-15-7-6-13(9-19(15)17)12-2-1-3-14(8-12)18-22(20,21)10-11-4-5-11/h1-3,6-9,11,16,18H,4-5,10,17H2. The number of sulfonamides is 1. The van der Waals surface area contributed by atoms with Gasteiger partial charge in [-0.2, -0.15) is 0 Å². The molecule has 0 saturated heterocycles. The molecule has 116 valence electrons. The van der Waals surface area contributed by atoms with E-state index in [9.17, 15) is 8.42 Å². The first-order valence-corrected chi connectivity index (χ1v) is 8.71. The van der Waals surface area contributed by atoms with Gasteiger partial charge in [-0.1, -0.05) is 12.1 Å². The lowest BCUT2D eigenvalue weighted by molar-refractivity contribution is 0.597. The highest BCUT2D eigenvalue weighted by molar-refractivity contribution is 7.92. The van der Waals surface area contributed by atoms with Crippen LogP contribution in [-0.2, 0) is 10.0 Å². The molecule has 1 saturated carbocycles. The third kappa shape index (κ3) is 3.48. The maximum Gasteiger partial charge on any atom is 0.232 e. The minimum absolute atomic E-state index is 0.188. The molecule has 1 fully saturated rings. The quantitative estimate of drug-likeness (QED) is 0.728. The lowest BCUT2D eigenvalue weighted by Crippen LogP contribution is -2.25. The number of nitrogens with two attached hydrogens (primary N) is 1. The molecule has 0 bridgehead atoms. The molecule has 0 aliphatic heterocycles. The van der Waals surface area contributed by atoms with Crippen molar-refractivity contribution in [3.63, 3.8) is 0 Å². The van der Waals surface area contributed by atoms with E-state index in [0.717, 1.165) is 24.0 Å². The Kier molecular flexibility index (Phi) is 3.66. The van der Waals surface area contributed by atoms with Crippen LogP contribution in [0.5, 0.6) is 0 Å². The zero-order chi connectivity index (χ0) is 15.7. The average molecular weight is 318 g/mol. The minimum Gasteiger partial charge on any atom is -0.338 e. The van der Waals surface area contributed by atoms with Crippen LogP contribution in [0.1, 0.15) is 12.8 Å². The number of aromatic nitrogens is 1. The molecule has 0 radical (unpaired) electrons. The molecule has 1 aromatic heterocycles. The largest absolute Gasteiger partial charge is 0.338 e. The van der Waals surface area contributed by atoms with E-state index in [2.05, 4.69) is 4.72 Å². The highest BCUT2D eigenvalue weighted by atomic mass is 32.2. The molecule has 2 aromatic rings. The molecule has 22 heavy (non-hydrogen) atoms. The van der Waals surface area contributed by atoms with Crippen molar-refractivity contribution in [2.45, 2.75) is 12.8 Å². The van der Waals surface area contributed by atoms with Gasteiger partial charge in [0.1, 0.15) is 5.49 Å². The molecular formula is C15H18N4O2S. The molecule has 0 amide bonds. The van der Waals surface area contributed by atoms with Gasteiger partial charge in [-0.15, -0.1) is 0 Å². The van der Waals surface area contributed by atoms with Gasteiger partial charge in [-0.05, 0) is 48.6 Å². The van der Waals surface area contributed by atoms with Crippen LogP contribution in [0.15, 0.2) is 42.6 Å². The van der Waals surface area contributed by atoms with Gasteiger partial charge >= 0.3 is 0 Å². The summed E-state index contributed by atoms with van der Waals surface area (Å²) >= 11 is 0. The number of nitrogens with one attached hydrogen (secondary N) is 2. The van der Waals surface area contributed by atoms with E-state index in [-0.39, 0.29) is 11.2 Å². The number of benzene rings is 1. The second kappa shape index (κ2) is 5.49. The maximum absolute atomic E-state index is 12.0. The molecule has 1 aliphatic rings. The summed E-state index contributed by atoms with van der Waals surface area (Å²) in [5, 5.41) is 7.56. The topological polar surface area (TPSA) is 101 Å². The van der Waals surface area contributed by atoms with Gasteiger partial charge in [-0.25, -0.2) is 8.42 Å². The highest BCUT2D eigenvalue weighted by Gasteiger charge is 2.27. The van der Waals surface area contributed by atoms with E-state index in [0.29, 0.717) is 11.6 Å². The zero-order valence-corrected chi connectivity index (χ0v) is 12.8. The van der Waals surface area contributed by atoms with E-state index in [4.69, 9.17) is 11.3 Å². The summed E-state index contributed by atoms with van der Waals surface area (Å²) in [5.74, 6) is 6.17. The van der Waals surface area contributed by atoms with E-state index in [1.54, 1.807) is 36.5 Å². The van der Waals surface area contributed by atoms with Crippen molar-refractivity contribution in [1.29, 1.82) is 5.41 Å². The molecule has 7 heteroatoms. The molecule has 0 unspecified atom stereocenters. The SMILES string of the molecule is N=c1ccc(-c2cccc(NS(=O)(=O)CC3CC3)c2)cn1N. The van der Waals surface area contributed by atoms with Gasteiger partial charge in [0, 0.05) is 17.4 Å². The number of anilines is 1. The Bertz CT molecular complexity index is 854. The molecule has 1 aliphatic carbocycles. The lowest BCUT2D eigenvalue weighted by atomic mass is 10.1. The Balaban J connectivity index is 1.85. The van der Waals surface area contributed by atoms with Crippen LogP contribution in [0.2, 0.25) is 0 Å². The van der Waals surface area contributed by atoms with Crippen LogP contribution in [0.25, 0.3) is 11.1 Å². The predicted molar refractivity (Wildman–Crippen MR) is 86.0 cm³/mol. The van der Waals surface area contributed by atoms with Crippen molar-refractivity contribution in [2.75, 3.05) is 16.3 Å². The monoisotopic (exact) mass is 318 g/mol. The number of nitrogens with zero attached hydrogens (tertiary/aromatic N) is 1. The number of hydrogen-bond donors (Lipinski definition) is 3.